The molecule has 2 rings (SSSR count). The van der Waals surface area contributed by atoms with Crippen LogP contribution in [0, 0.1) is 0 Å². The van der Waals surface area contributed by atoms with Gasteiger partial charge in [-0.25, -0.2) is 4.79 Å². The van der Waals surface area contributed by atoms with Gasteiger partial charge in [0.2, 0.25) is 0 Å². The highest BCUT2D eigenvalue weighted by Gasteiger charge is 2.07. The van der Waals surface area contributed by atoms with Crippen molar-refractivity contribution in [1.29, 1.82) is 0 Å². The molecule has 96 valence electrons. The third kappa shape index (κ3) is 3.19. The first kappa shape index (κ1) is 12.8. The predicted octanol–water partition coefficient (Wildman–Crippen LogP) is 2.74. The number of rotatable bonds is 3. The van der Waals surface area contributed by atoms with Crippen molar-refractivity contribution in [2.75, 3.05) is 7.11 Å². The van der Waals surface area contributed by atoms with Crippen LogP contribution in [0.2, 0.25) is 0 Å². The maximum absolute atomic E-state index is 11.3. The zero-order valence-electron chi connectivity index (χ0n) is 10.4. The van der Waals surface area contributed by atoms with Crippen LogP contribution in [-0.4, -0.2) is 23.2 Å². The lowest BCUT2D eigenvalue weighted by Gasteiger charge is -2.02. The van der Waals surface area contributed by atoms with E-state index in [2.05, 4.69) is 9.72 Å². The number of esters is 1. The average molecular weight is 255 g/mol. The Morgan fingerprint density at radius 2 is 2.11 bits per heavy atom. The first-order chi connectivity index (χ1) is 9.20. The molecule has 0 radical (unpaired) electrons. The van der Waals surface area contributed by atoms with Gasteiger partial charge in [0.05, 0.1) is 18.4 Å². The van der Waals surface area contributed by atoms with E-state index in [4.69, 9.17) is 0 Å². The summed E-state index contributed by atoms with van der Waals surface area (Å²) in [7, 11) is 1.30. The molecule has 1 aromatic heterocycles. The quantitative estimate of drug-likeness (QED) is 0.857. The lowest BCUT2D eigenvalue weighted by atomic mass is 10.1. The van der Waals surface area contributed by atoms with Crippen LogP contribution in [0.15, 0.2) is 42.6 Å². The second-order valence-electron chi connectivity index (χ2n) is 3.85. The molecule has 0 aliphatic heterocycles. The zero-order chi connectivity index (χ0) is 13.7. The summed E-state index contributed by atoms with van der Waals surface area (Å²) in [5, 5.41) is 9.83. The summed E-state index contributed by atoms with van der Waals surface area (Å²) in [6.45, 7) is 0. The number of hydrogen-bond donors (Lipinski definition) is 1. The molecule has 0 amide bonds. The fraction of sp³-hybridized carbons (Fsp3) is 0.0667. The van der Waals surface area contributed by atoms with Gasteiger partial charge in [-0.15, -0.1) is 0 Å². The summed E-state index contributed by atoms with van der Waals surface area (Å²) in [5.74, 6) is -0.453. The van der Waals surface area contributed by atoms with Crippen LogP contribution in [0.3, 0.4) is 0 Å². The monoisotopic (exact) mass is 255 g/mol. The van der Waals surface area contributed by atoms with Gasteiger partial charge in [0.15, 0.2) is 0 Å². The van der Waals surface area contributed by atoms with E-state index in [1.165, 1.54) is 13.2 Å². The normalized spacial score (nSPS) is 10.6. The minimum atomic E-state index is -0.476. The van der Waals surface area contributed by atoms with Gasteiger partial charge in [-0.05, 0) is 36.4 Å². The summed E-state index contributed by atoms with van der Waals surface area (Å²) >= 11 is 0. The Labute approximate surface area is 111 Å². The Morgan fingerprint density at radius 1 is 1.26 bits per heavy atom. The molecule has 4 heteroatoms. The van der Waals surface area contributed by atoms with Crippen LogP contribution in [0.25, 0.3) is 12.2 Å². The average Bonchev–Trinajstić information content (AvgIpc) is 2.46. The molecular weight excluding hydrogens is 242 g/mol. The third-order valence-electron chi connectivity index (χ3n) is 2.57. The van der Waals surface area contributed by atoms with Crippen LogP contribution >= 0.6 is 0 Å². The molecule has 1 N–H and O–H groups in total. The number of carbonyl (C=O) groups excluding carboxylic acids is 1. The zero-order valence-corrected chi connectivity index (χ0v) is 10.4. The number of pyridine rings is 1. The number of nitrogens with zero attached hydrogens (tertiary/aromatic N) is 1. The summed E-state index contributed by atoms with van der Waals surface area (Å²) in [5.41, 5.74) is 1.72. The van der Waals surface area contributed by atoms with E-state index in [0.29, 0.717) is 11.1 Å². The van der Waals surface area contributed by atoms with E-state index in [0.717, 1.165) is 5.69 Å². The largest absolute Gasteiger partial charge is 0.507 e. The Hall–Kier alpha value is -2.62. The Balaban J connectivity index is 2.22. The van der Waals surface area contributed by atoms with Crippen molar-refractivity contribution in [2.45, 2.75) is 0 Å². The van der Waals surface area contributed by atoms with Crippen LogP contribution in [-0.2, 0) is 4.74 Å². The molecule has 0 atom stereocenters. The van der Waals surface area contributed by atoms with Gasteiger partial charge >= 0.3 is 5.97 Å². The number of hydrogen-bond acceptors (Lipinski definition) is 4. The second-order valence-corrected chi connectivity index (χ2v) is 3.85. The molecule has 0 aliphatic rings. The van der Waals surface area contributed by atoms with Crippen LogP contribution in [0.4, 0.5) is 0 Å². The number of benzene rings is 1. The first-order valence-electron chi connectivity index (χ1n) is 5.71. The molecule has 0 bridgehead atoms. The van der Waals surface area contributed by atoms with Gasteiger partial charge in [-0.2, -0.15) is 0 Å². The van der Waals surface area contributed by atoms with Crippen molar-refractivity contribution in [2.24, 2.45) is 0 Å². The number of aromatic nitrogens is 1. The van der Waals surface area contributed by atoms with Gasteiger partial charge in [0, 0.05) is 11.8 Å². The van der Waals surface area contributed by atoms with Crippen LogP contribution in [0.5, 0.6) is 5.75 Å². The molecule has 1 aromatic carbocycles. The van der Waals surface area contributed by atoms with E-state index in [-0.39, 0.29) is 5.75 Å². The van der Waals surface area contributed by atoms with Gasteiger partial charge in [-0.3, -0.25) is 4.98 Å². The molecular formula is C15H13NO3. The van der Waals surface area contributed by atoms with Gasteiger partial charge in [-0.1, -0.05) is 12.1 Å². The molecule has 0 unspecified atom stereocenters. The maximum Gasteiger partial charge on any atom is 0.337 e. The fourth-order valence-electron chi connectivity index (χ4n) is 1.58. The Morgan fingerprint density at radius 3 is 2.74 bits per heavy atom. The summed E-state index contributed by atoms with van der Waals surface area (Å²) in [6.07, 6.45) is 5.21. The highest BCUT2D eigenvalue weighted by atomic mass is 16.5. The minimum Gasteiger partial charge on any atom is -0.507 e. The molecule has 0 saturated carbocycles. The highest BCUT2D eigenvalue weighted by Crippen LogP contribution is 2.21. The van der Waals surface area contributed by atoms with E-state index >= 15 is 0 Å². The molecule has 19 heavy (non-hydrogen) atoms. The standard InChI is InChI=1S/C15H13NO3/c1-19-15(18)12-6-5-11(14(17)10-12)7-8-13-4-2-3-9-16-13/h2-10,17H,1H3/b8-7+. The maximum atomic E-state index is 11.3. The second kappa shape index (κ2) is 5.82. The van der Waals surface area contributed by atoms with E-state index in [1.807, 2.05) is 18.2 Å². The number of phenols is 1. The lowest BCUT2D eigenvalue weighted by Crippen LogP contribution is -2.00. The third-order valence-corrected chi connectivity index (χ3v) is 2.57. The number of carbonyl (C=O) groups is 1. The SMILES string of the molecule is COC(=O)c1ccc(/C=C/c2ccccn2)c(O)c1. The minimum absolute atomic E-state index is 0.0232. The van der Waals surface area contributed by atoms with Crippen molar-refractivity contribution in [1.82, 2.24) is 4.98 Å². The van der Waals surface area contributed by atoms with E-state index in [9.17, 15) is 9.90 Å². The fourth-order valence-corrected chi connectivity index (χ4v) is 1.58. The summed E-state index contributed by atoms with van der Waals surface area (Å²) in [6, 6.07) is 10.2. The van der Waals surface area contributed by atoms with Crippen molar-refractivity contribution in [3.63, 3.8) is 0 Å². The number of ether oxygens (including phenoxy) is 1. The van der Waals surface area contributed by atoms with Crippen LogP contribution < -0.4 is 0 Å². The molecule has 1 heterocycles. The van der Waals surface area contributed by atoms with Crippen molar-refractivity contribution < 1.29 is 14.6 Å². The summed E-state index contributed by atoms with van der Waals surface area (Å²) < 4.78 is 4.58. The number of phenolic OH excluding ortho intramolecular Hbond substituents is 1. The molecule has 2 aromatic rings. The lowest BCUT2D eigenvalue weighted by molar-refractivity contribution is 0.0600. The van der Waals surface area contributed by atoms with Gasteiger partial charge < -0.3 is 9.84 Å². The Bertz CT molecular complexity index is 606. The molecule has 4 nitrogen and oxygen atoms in total. The molecule has 0 spiro atoms. The molecule has 0 saturated heterocycles. The summed E-state index contributed by atoms with van der Waals surface area (Å²) in [4.78, 5) is 15.4. The van der Waals surface area contributed by atoms with E-state index in [1.54, 1.807) is 30.5 Å². The highest BCUT2D eigenvalue weighted by molar-refractivity contribution is 5.90. The van der Waals surface area contributed by atoms with E-state index < -0.39 is 5.97 Å². The molecule has 0 aliphatic carbocycles. The topological polar surface area (TPSA) is 59.4 Å². The van der Waals surface area contributed by atoms with Gasteiger partial charge in [0.1, 0.15) is 5.75 Å². The van der Waals surface area contributed by atoms with Gasteiger partial charge in [0.25, 0.3) is 0 Å². The van der Waals surface area contributed by atoms with Crippen molar-refractivity contribution in [3.8, 4) is 5.75 Å². The molecule has 0 fully saturated rings. The predicted molar refractivity (Wildman–Crippen MR) is 72.6 cm³/mol. The Kier molecular flexibility index (Phi) is 3.93. The number of aromatic hydroxyl groups is 1. The van der Waals surface area contributed by atoms with Crippen molar-refractivity contribution in [3.05, 3.63) is 59.4 Å². The first-order valence-corrected chi connectivity index (χ1v) is 5.71. The number of methoxy groups -OCH3 is 1. The van der Waals surface area contributed by atoms with Crippen LogP contribution in [0.1, 0.15) is 21.6 Å². The smallest absolute Gasteiger partial charge is 0.337 e. The van der Waals surface area contributed by atoms with Crippen molar-refractivity contribution >= 4 is 18.1 Å².